The smallest absolute Gasteiger partial charge is 0.247 e. The van der Waals surface area contributed by atoms with E-state index >= 15 is 0 Å². The number of sulfonamides is 1. The molecule has 4 rings (SSSR count). The second kappa shape index (κ2) is 9.20. The van der Waals surface area contributed by atoms with E-state index in [1.807, 2.05) is 26.0 Å². The molecule has 5 N–H and O–H groups in total. The summed E-state index contributed by atoms with van der Waals surface area (Å²) in [4.78, 5) is 8.81. The first kappa shape index (κ1) is 23.9. The number of nitrogens with zero attached hydrogens (tertiary/aromatic N) is 3. The Kier molecular flexibility index (Phi) is 6.47. The number of fused-ring (bicyclic) bond motifs is 1. The first-order valence-corrected chi connectivity index (χ1v) is 12.4. The van der Waals surface area contributed by atoms with Gasteiger partial charge in [-0.1, -0.05) is 18.5 Å². The lowest BCUT2D eigenvalue weighted by Crippen LogP contribution is -2.22. The SMILES string of the molecule is CC[C@@H](Nc1nc2c(nc1Nc1ccc(Cl)c(S(=O)(=O)N(C)C)c1O)NCN2)c1ccc(C)o1. The molecule has 0 amide bonds. The molecule has 0 fully saturated rings. The Hall–Kier alpha value is -3.22. The van der Waals surface area contributed by atoms with Gasteiger partial charge in [0.05, 0.1) is 23.4 Å². The molecule has 1 atom stereocenters. The number of hydrogen-bond donors (Lipinski definition) is 5. The van der Waals surface area contributed by atoms with Gasteiger partial charge in [-0.2, -0.15) is 0 Å². The van der Waals surface area contributed by atoms with Crippen molar-refractivity contribution in [2.75, 3.05) is 42.0 Å². The zero-order valence-corrected chi connectivity index (χ0v) is 20.7. The minimum Gasteiger partial charge on any atom is -0.504 e. The van der Waals surface area contributed by atoms with Gasteiger partial charge in [-0.25, -0.2) is 22.7 Å². The van der Waals surface area contributed by atoms with E-state index in [1.54, 1.807) is 0 Å². The van der Waals surface area contributed by atoms with E-state index in [0.717, 1.165) is 15.8 Å². The number of furan rings is 1. The number of aromatic hydroxyl groups is 1. The number of aromatic nitrogens is 2. The van der Waals surface area contributed by atoms with Gasteiger partial charge in [-0.3, -0.25) is 0 Å². The number of anilines is 5. The molecule has 182 valence electrons. The maximum atomic E-state index is 12.7. The Bertz CT molecular complexity index is 1330. The van der Waals surface area contributed by atoms with E-state index in [1.165, 1.54) is 26.2 Å². The number of benzene rings is 1. The molecule has 0 radical (unpaired) electrons. The zero-order valence-electron chi connectivity index (χ0n) is 19.1. The van der Waals surface area contributed by atoms with Crippen molar-refractivity contribution in [1.29, 1.82) is 0 Å². The Morgan fingerprint density at radius 1 is 1.18 bits per heavy atom. The summed E-state index contributed by atoms with van der Waals surface area (Å²) >= 11 is 6.14. The van der Waals surface area contributed by atoms with E-state index in [2.05, 4.69) is 31.2 Å². The maximum Gasteiger partial charge on any atom is 0.247 e. The molecule has 0 spiro atoms. The van der Waals surface area contributed by atoms with Crippen LogP contribution in [0.5, 0.6) is 5.75 Å². The minimum atomic E-state index is -4.00. The number of phenolic OH excluding ortho intramolecular Hbond substituents is 1. The van der Waals surface area contributed by atoms with E-state index < -0.39 is 20.7 Å². The van der Waals surface area contributed by atoms with E-state index in [0.29, 0.717) is 30.5 Å². The number of nitrogens with one attached hydrogen (secondary N) is 4. The third kappa shape index (κ3) is 4.43. The van der Waals surface area contributed by atoms with Gasteiger partial charge < -0.3 is 30.8 Å². The number of aryl methyl sites for hydroxylation is 1. The molecule has 34 heavy (non-hydrogen) atoms. The maximum absolute atomic E-state index is 12.7. The van der Waals surface area contributed by atoms with Gasteiger partial charge in [0.2, 0.25) is 10.0 Å². The lowest BCUT2D eigenvalue weighted by Gasteiger charge is -2.20. The van der Waals surface area contributed by atoms with Crippen molar-refractivity contribution in [3.8, 4) is 5.75 Å². The summed E-state index contributed by atoms with van der Waals surface area (Å²) in [6.07, 6.45) is 0.703. The molecule has 3 aromatic rings. The second-order valence-corrected chi connectivity index (χ2v) is 10.4. The highest BCUT2D eigenvalue weighted by atomic mass is 35.5. The van der Waals surface area contributed by atoms with Crippen molar-refractivity contribution in [1.82, 2.24) is 14.3 Å². The largest absolute Gasteiger partial charge is 0.504 e. The summed E-state index contributed by atoms with van der Waals surface area (Å²) in [7, 11) is -1.28. The van der Waals surface area contributed by atoms with Gasteiger partial charge in [-0.15, -0.1) is 0 Å². The summed E-state index contributed by atoms with van der Waals surface area (Å²) < 4.78 is 32.2. The first-order chi connectivity index (χ1) is 16.1. The van der Waals surface area contributed by atoms with Crippen LogP contribution in [0.4, 0.5) is 29.0 Å². The molecule has 1 aromatic carbocycles. The summed E-state index contributed by atoms with van der Waals surface area (Å²) in [6, 6.07) is 6.46. The van der Waals surface area contributed by atoms with Crippen LogP contribution in [0.2, 0.25) is 5.02 Å². The van der Waals surface area contributed by atoms with Gasteiger partial charge in [0.1, 0.15) is 16.4 Å². The van der Waals surface area contributed by atoms with Crippen molar-refractivity contribution in [2.24, 2.45) is 0 Å². The van der Waals surface area contributed by atoms with E-state index in [4.69, 9.17) is 16.0 Å². The van der Waals surface area contributed by atoms with Crippen LogP contribution in [-0.2, 0) is 10.0 Å². The molecule has 0 unspecified atom stereocenters. The molecule has 1 aliphatic rings. The Labute approximate surface area is 202 Å². The zero-order chi connectivity index (χ0) is 24.6. The number of hydrogen-bond acceptors (Lipinski definition) is 10. The molecule has 3 heterocycles. The second-order valence-electron chi connectivity index (χ2n) is 7.89. The highest BCUT2D eigenvalue weighted by molar-refractivity contribution is 7.89. The summed E-state index contributed by atoms with van der Waals surface area (Å²) in [5, 5.41) is 23.3. The van der Waals surface area contributed by atoms with Gasteiger partial charge in [0.25, 0.3) is 0 Å². The highest BCUT2D eigenvalue weighted by Gasteiger charge is 2.28. The lowest BCUT2D eigenvalue weighted by molar-refractivity contribution is 0.452. The van der Waals surface area contributed by atoms with Crippen molar-refractivity contribution < 1.29 is 17.9 Å². The number of rotatable bonds is 8. The molecular weight excluding hydrogens is 482 g/mol. The van der Waals surface area contributed by atoms with Crippen molar-refractivity contribution in [3.05, 3.63) is 40.8 Å². The van der Waals surface area contributed by atoms with Crippen LogP contribution in [0.25, 0.3) is 0 Å². The summed E-state index contributed by atoms with van der Waals surface area (Å²) in [5.74, 6) is 2.77. The number of phenols is 1. The Morgan fingerprint density at radius 3 is 2.44 bits per heavy atom. The quantitative estimate of drug-likeness (QED) is 0.282. The average molecular weight is 508 g/mol. The molecule has 13 heteroatoms. The average Bonchev–Trinajstić information content (AvgIpc) is 3.42. The fourth-order valence-corrected chi connectivity index (χ4v) is 4.94. The lowest BCUT2D eigenvalue weighted by atomic mass is 10.1. The highest BCUT2D eigenvalue weighted by Crippen LogP contribution is 2.41. The van der Waals surface area contributed by atoms with Crippen LogP contribution in [0.3, 0.4) is 0 Å². The molecule has 0 saturated carbocycles. The van der Waals surface area contributed by atoms with Crippen molar-refractivity contribution in [2.45, 2.75) is 31.2 Å². The fraction of sp³-hybridized carbons (Fsp3) is 0.333. The Balaban J connectivity index is 1.76. The van der Waals surface area contributed by atoms with E-state index in [9.17, 15) is 13.5 Å². The Morgan fingerprint density at radius 2 is 1.85 bits per heavy atom. The fourth-order valence-electron chi connectivity index (χ4n) is 3.46. The predicted octanol–water partition coefficient (Wildman–Crippen LogP) is 4.09. The van der Waals surface area contributed by atoms with Gasteiger partial charge in [0.15, 0.2) is 29.0 Å². The molecule has 0 aliphatic carbocycles. The predicted molar refractivity (Wildman–Crippen MR) is 132 cm³/mol. The van der Waals surface area contributed by atoms with Gasteiger partial charge in [-0.05, 0) is 37.6 Å². The van der Waals surface area contributed by atoms with Crippen LogP contribution in [0.1, 0.15) is 30.9 Å². The monoisotopic (exact) mass is 507 g/mol. The normalized spacial score (nSPS) is 13.8. The number of halogens is 1. The van der Waals surface area contributed by atoms with E-state index in [-0.39, 0.29) is 22.6 Å². The topological polar surface area (TPSA) is 145 Å². The third-order valence-electron chi connectivity index (χ3n) is 5.31. The molecule has 0 bridgehead atoms. The van der Waals surface area contributed by atoms with Gasteiger partial charge >= 0.3 is 0 Å². The van der Waals surface area contributed by atoms with Gasteiger partial charge in [0, 0.05) is 14.1 Å². The summed E-state index contributed by atoms with van der Waals surface area (Å²) in [5.41, 5.74) is 0.106. The van der Waals surface area contributed by atoms with Crippen LogP contribution in [-0.4, -0.2) is 48.6 Å². The van der Waals surface area contributed by atoms with Crippen molar-refractivity contribution in [3.63, 3.8) is 0 Å². The van der Waals surface area contributed by atoms with Crippen LogP contribution < -0.4 is 21.3 Å². The molecule has 2 aromatic heterocycles. The molecular formula is C21H26ClN7O4S. The molecule has 11 nitrogen and oxygen atoms in total. The molecule has 0 saturated heterocycles. The summed E-state index contributed by atoms with van der Waals surface area (Å²) in [6.45, 7) is 4.34. The first-order valence-electron chi connectivity index (χ1n) is 10.6. The standard InChI is InChI=1S/C21H26ClN7O4S/c1-5-13(15-9-6-11(2)33-15)25-20-21(28-19-18(27-20)23-10-24-19)26-14-8-7-12(22)17(16(14)30)34(31,32)29(3)4/h6-9,13,30H,5,10H2,1-4H3,(H2,23,25,27)(H2,24,26,28)/t13-/m1/s1. The van der Waals surface area contributed by atoms with Crippen LogP contribution in [0.15, 0.2) is 33.6 Å². The molecule has 1 aliphatic heterocycles. The van der Waals surface area contributed by atoms with Crippen LogP contribution >= 0.6 is 11.6 Å². The third-order valence-corrected chi connectivity index (χ3v) is 7.62. The minimum absolute atomic E-state index is 0.0970. The van der Waals surface area contributed by atoms with Crippen molar-refractivity contribution >= 4 is 50.6 Å². The van der Waals surface area contributed by atoms with Crippen LogP contribution in [0, 0.1) is 6.92 Å².